The van der Waals surface area contributed by atoms with E-state index in [0.717, 1.165) is 26.0 Å². The SMILES string of the molecule is CC(C)C(C)CCN(C)C(=O)CCOCCOCCOCCC(C)(C)C. The van der Waals surface area contributed by atoms with Gasteiger partial charge in [-0.3, -0.25) is 4.79 Å². The van der Waals surface area contributed by atoms with Crippen molar-refractivity contribution >= 4 is 5.91 Å². The maximum Gasteiger partial charge on any atom is 0.224 e. The van der Waals surface area contributed by atoms with Gasteiger partial charge in [-0.25, -0.2) is 0 Å². The van der Waals surface area contributed by atoms with E-state index in [1.165, 1.54) is 0 Å². The minimum Gasteiger partial charge on any atom is -0.379 e. The Morgan fingerprint density at radius 2 is 1.38 bits per heavy atom. The first-order valence-corrected chi connectivity index (χ1v) is 10.1. The van der Waals surface area contributed by atoms with Crippen LogP contribution in [0.25, 0.3) is 0 Å². The van der Waals surface area contributed by atoms with Crippen molar-refractivity contribution in [2.45, 2.75) is 60.8 Å². The summed E-state index contributed by atoms with van der Waals surface area (Å²) in [5, 5.41) is 0. The lowest BCUT2D eigenvalue weighted by Crippen LogP contribution is -2.30. The monoisotopic (exact) mass is 373 g/mol. The predicted molar refractivity (Wildman–Crippen MR) is 107 cm³/mol. The first kappa shape index (κ1) is 25.4. The molecule has 0 aromatic rings. The van der Waals surface area contributed by atoms with Gasteiger partial charge in [-0.15, -0.1) is 0 Å². The first-order valence-electron chi connectivity index (χ1n) is 10.1. The first-order chi connectivity index (χ1) is 12.1. The Balaban J connectivity index is 3.45. The Morgan fingerprint density at radius 3 is 1.88 bits per heavy atom. The van der Waals surface area contributed by atoms with Crippen LogP contribution in [-0.2, 0) is 19.0 Å². The number of rotatable bonds is 15. The van der Waals surface area contributed by atoms with E-state index in [1.807, 2.05) is 11.9 Å². The zero-order valence-corrected chi connectivity index (χ0v) is 18.3. The number of carbonyl (C=O) groups excluding carboxylic acids is 1. The van der Waals surface area contributed by atoms with Gasteiger partial charge < -0.3 is 19.1 Å². The van der Waals surface area contributed by atoms with Crippen LogP contribution in [0.2, 0.25) is 0 Å². The Bertz CT molecular complexity index is 352. The van der Waals surface area contributed by atoms with Crippen LogP contribution in [0.3, 0.4) is 0 Å². The van der Waals surface area contributed by atoms with Crippen molar-refractivity contribution in [3.63, 3.8) is 0 Å². The molecule has 0 bridgehead atoms. The fourth-order valence-electron chi connectivity index (χ4n) is 2.13. The molecule has 1 amide bonds. The summed E-state index contributed by atoms with van der Waals surface area (Å²) in [4.78, 5) is 13.8. The van der Waals surface area contributed by atoms with E-state index in [1.54, 1.807) is 0 Å². The number of amides is 1. The molecular weight excluding hydrogens is 330 g/mol. The lowest BCUT2D eigenvalue weighted by atomic mass is 9.93. The summed E-state index contributed by atoms with van der Waals surface area (Å²) < 4.78 is 16.5. The van der Waals surface area contributed by atoms with Gasteiger partial charge in [0.25, 0.3) is 0 Å². The van der Waals surface area contributed by atoms with Crippen molar-refractivity contribution in [3.8, 4) is 0 Å². The van der Waals surface area contributed by atoms with E-state index in [4.69, 9.17) is 14.2 Å². The Kier molecular flexibility index (Phi) is 14.1. The summed E-state index contributed by atoms with van der Waals surface area (Å²) in [7, 11) is 1.87. The fourth-order valence-corrected chi connectivity index (χ4v) is 2.13. The van der Waals surface area contributed by atoms with Crippen molar-refractivity contribution in [3.05, 3.63) is 0 Å². The van der Waals surface area contributed by atoms with E-state index >= 15 is 0 Å². The maximum absolute atomic E-state index is 12.0. The van der Waals surface area contributed by atoms with Crippen LogP contribution >= 0.6 is 0 Å². The summed E-state index contributed by atoms with van der Waals surface area (Å²) in [5.74, 6) is 1.44. The summed E-state index contributed by atoms with van der Waals surface area (Å²) in [6, 6.07) is 0. The van der Waals surface area contributed by atoms with E-state index in [0.29, 0.717) is 56.7 Å². The van der Waals surface area contributed by atoms with Crippen LogP contribution in [0, 0.1) is 17.3 Å². The molecule has 0 aromatic carbocycles. The second-order valence-electron chi connectivity index (χ2n) is 8.72. The fraction of sp³-hybridized carbons (Fsp3) is 0.952. The van der Waals surface area contributed by atoms with Crippen LogP contribution < -0.4 is 0 Å². The van der Waals surface area contributed by atoms with Gasteiger partial charge in [0.2, 0.25) is 5.91 Å². The second-order valence-corrected chi connectivity index (χ2v) is 8.72. The van der Waals surface area contributed by atoms with Gasteiger partial charge in [-0.05, 0) is 30.1 Å². The molecule has 0 aliphatic heterocycles. The number of hydrogen-bond donors (Lipinski definition) is 0. The van der Waals surface area contributed by atoms with Crippen LogP contribution in [0.5, 0.6) is 0 Å². The summed E-state index contributed by atoms with van der Waals surface area (Å²) in [5.41, 5.74) is 0.312. The molecule has 26 heavy (non-hydrogen) atoms. The number of ether oxygens (including phenoxy) is 3. The molecule has 0 aliphatic carbocycles. The molecule has 0 saturated heterocycles. The molecule has 5 heteroatoms. The topological polar surface area (TPSA) is 48.0 Å². The zero-order chi connectivity index (χ0) is 20.0. The Morgan fingerprint density at radius 1 is 0.885 bits per heavy atom. The molecular formula is C21H43NO4. The third-order valence-electron chi connectivity index (χ3n) is 4.68. The standard InChI is InChI=1S/C21H43NO4/c1-18(2)19(3)8-11-22(7)20(23)9-12-24-14-16-26-17-15-25-13-10-21(4,5)6/h18-19H,8-17H2,1-7H3. The summed E-state index contributed by atoms with van der Waals surface area (Å²) in [6.45, 7) is 17.6. The largest absolute Gasteiger partial charge is 0.379 e. The summed E-state index contributed by atoms with van der Waals surface area (Å²) >= 11 is 0. The number of hydrogen-bond acceptors (Lipinski definition) is 4. The highest BCUT2D eigenvalue weighted by Crippen LogP contribution is 2.17. The van der Waals surface area contributed by atoms with Crippen LogP contribution in [0.4, 0.5) is 0 Å². The average Bonchev–Trinajstić information content (AvgIpc) is 2.55. The van der Waals surface area contributed by atoms with Gasteiger partial charge in [0.15, 0.2) is 0 Å². The second kappa shape index (κ2) is 14.4. The molecule has 0 aromatic heterocycles. The predicted octanol–water partition coefficient (Wildman–Crippen LogP) is 4.00. The van der Waals surface area contributed by atoms with Crippen LogP contribution in [0.1, 0.15) is 60.8 Å². The molecule has 0 radical (unpaired) electrons. The molecule has 5 nitrogen and oxygen atoms in total. The summed E-state index contributed by atoms with van der Waals surface area (Å²) in [6.07, 6.45) is 2.53. The van der Waals surface area contributed by atoms with Crippen molar-refractivity contribution in [2.24, 2.45) is 17.3 Å². The third-order valence-corrected chi connectivity index (χ3v) is 4.68. The van der Waals surface area contributed by atoms with Crippen LogP contribution in [-0.4, -0.2) is 64.0 Å². The molecule has 0 aliphatic rings. The van der Waals surface area contributed by atoms with E-state index < -0.39 is 0 Å². The number of carbonyl (C=O) groups is 1. The molecule has 0 spiro atoms. The normalized spacial score (nSPS) is 13.2. The minimum atomic E-state index is 0.147. The lowest BCUT2D eigenvalue weighted by Gasteiger charge is -2.21. The van der Waals surface area contributed by atoms with Crippen LogP contribution in [0.15, 0.2) is 0 Å². The Hall–Kier alpha value is -0.650. The maximum atomic E-state index is 12.0. The lowest BCUT2D eigenvalue weighted by molar-refractivity contribution is -0.131. The minimum absolute atomic E-state index is 0.147. The van der Waals surface area contributed by atoms with Gasteiger partial charge >= 0.3 is 0 Å². The highest BCUT2D eigenvalue weighted by molar-refractivity contribution is 5.75. The Labute approximate surface area is 161 Å². The highest BCUT2D eigenvalue weighted by Gasteiger charge is 2.12. The molecule has 0 N–H and O–H groups in total. The van der Waals surface area contributed by atoms with E-state index in [9.17, 15) is 4.79 Å². The van der Waals surface area contributed by atoms with Gasteiger partial charge in [-0.1, -0.05) is 41.5 Å². The molecule has 0 heterocycles. The average molecular weight is 374 g/mol. The molecule has 156 valence electrons. The smallest absolute Gasteiger partial charge is 0.224 e. The highest BCUT2D eigenvalue weighted by atomic mass is 16.5. The van der Waals surface area contributed by atoms with Crippen molar-refractivity contribution in [2.75, 3.05) is 53.2 Å². The van der Waals surface area contributed by atoms with Gasteiger partial charge in [0.1, 0.15) is 0 Å². The van der Waals surface area contributed by atoms with Crippen molar-refractivity contribution < 1.29 is 19.0 Å². The molecule has 0 fully saturated rings. The third kappa shape index (κ3) is 15.6. The van der Waals surface area contributed by atoms with E-state index in [2.05, 4.69) is 41.5 Å². The molecule has 0 saturated carbocycles. The van der Waals surface area contributed by atoms with E-state index in [-0.39, 0.29) is 5.91 Å². The molecule has 0 rings (SSSR count). The van der Waals surface area contributed by atoms with Gasteiger partial charge in [-0.2, -0.15) is 0 Å². The molecule has 1 unspecified atom stereocenters. The van der Waals surface area contributed by atoms with Crippen molar-refractivity contribution in [1.29, 1.82) is 0 Å². The zero-order valence-electron chi connectivity index (χ0n) is 18.3. The van der Waals surface area contributed by atoms with Gasteiger partial charge in [0, 0.05) is 20.2 Å². The molecule has 1 atom stereocenters. The quantitative estimate of drug-likeness (QED) is 0.407. The van der Waals surface area contributed by atoms with Crippen molar-refractivity contribution in [1.82, 2.24) is 4.90 Å². The van der Waals surface area contributed by atoms with Gasteiger partial charge in [0.05, 0.1) is 39.5 Å². The number of nitrogens with zero attached hydrogens (tertiary/aromatic N) is 1.